The molecular formula is C27H34ClN5O3. The van der Waals surface area contributed by atoms with Gasteiger partial charge in [-0.05, 0) is 67.6 Å². The Balaban J connectivity index is 0.00000361. The molecule has 1 heterocycles. The van der Waals surface area contributed by atoms with Crippen LogP contribution in [0.1, 0.15) is 61.9 Å². The number of nitrogens with two attached hydrogens (primary N) is 1. The highest BCUT2D eigenvalue weighted by Crippen LogP contribution is 2.26. The van der Waals surface area contributed by atoms with Gasteiger partial charge in [0.2, 0.25) is 0 Å². The average Bonchev–Trinajstić information content (AvgIpc) is 3.17. The number of nitrogens with one attached hydrogen (secondary N) is 1. The van der Waals surface area contributed by atoms with E-state index in [0.717, 1.165) is 12.0 Å². The van der Waals surface area contributed by atoms with Gasteiger partial charge in [-0.15, -0.1) is 17.5 Å². The molecule has 1 aromatic heterocycles. The number of rotatable bonds is 9. The number of halogens is 1. The predicted octanol–water partition coefficient (Wildman–Crippen LogP) is 4.48. The lowest BCUT2D eigenvalue weighted by Gasteiger charge is -2.21. The fourth-order valence-corrected chi connectivity index (χ4v) is 4.66. The minimum absolute atomic E-state index is 0. The SMILES string of the molecule is Cc1nn(-c2ccc(C(=N)N)cc2)c(=O)n1-c1ccc(CCC(=O)OCCC2CCCCC2)cc1.Cl. The first-order chi connectivity index (χ1) is 16.9. The summed E-state index contributed by atoms with van der Waals surface area (Å²) in [6, 6.07) is 14.4. The number of hydrogen-bond donors (Lipinski definition) is 2. The lowest BCUT2D eigenvalue weighted by Crippen LogP contribution is -2.23. The zero-order valence-electron chi connectivity index (χ0n) is 20.6. The third kappa shape index (κ3) is 6.63. The molecule has 0 unspecified atom stereocenters. The molecule has 0 atom stereocenters. The molecule has 0 spiro atoms. The second kappa shape index (κ2) is 12.5. The number of carbonyl (C=O) groups excluding carboxylic acids is 1. The number of amidine groups is 1. The number of carbonyl (C=O) groups is 1. The Morgan fingerprint density at radius 3 is 2.33 bits per heavy atom. The summed E-state index contributed by atoms with van der Waals surface area (Å²) in [7, 11) is 0. The van der Waals surface area contributed by atoms with Crippen LogP contribution in [0.25, 0.3) is 11.4 Å². The number of hydrogen-bond acceptors (Lipinski definition) is 5. The highest BCUT2D eigenvalue weighted by molar-refractivity contribution is 5.95. The van der Waals surface area contributed by atoms with Crippen LogP contribution in [-0.2, 0) is 16.0 Å². The van der Waals surface area contributed by atoms with Crippen molar-refractivity contribution in [3.05, 3.63) is 76.0 Å². The van der Waals surface area contributed by atoms with Gasteiger partial charge in [0.15, 0.2) is 0 Å². The molecule has 3 N–H and O–H groups in total. The molecule has 0 saturated heterocycles. The molecule has 1 fully saturated rings. The van der Waals surface area contributed by atoms with Crippen LogP contribution in [0.3, 0.4) is 0 Å². The van der Waals surface area contributed by atoms with E-state index in [-0.39, 0.29) is 29.9 Å². The van der Waals surface area contributed by atoms with Crippen LogP contribution >= 0.6 is 12.4 Å². The molecule has 36 heavy (non-hydrogen) atoms. The van der Waals surface area contributed by atoms with Gasteiger partial charge >= 0.3 is 11.7 Å². The highest BCUT2D eigenvalue weighted by atomic mass is 35.5. The Labute approximate surface area is 217 Å². The molecule has 1 aliphatic carbocycles. The predicted molar refractivity (Wildman–Crippen MR) is 143 cm³/mol. The summed E-state index contributed by atoms with van der Waals surface area (Å²) < 4.78 is 8.32. The second-order valence-corrected chi connectivity index (χ2v) is 9.22. The first-order valence-electron chi connectivity index (χ1n) is 12.3. The van der Waals surface area contributed by atoms with Crippen molar-refractivity contribution in [2.45, 2.75) is 58.3 Å². The van der Waals surface area contributed by atoms with E-state index in [4.69, 9.17) is 15.9 Å². The summed E-state index contributed by atoms with van der Waals surface area (Å²) in [5.74, 6) is 1.08. The molecule has 0 aliphatic heterocycles. The Kier molecular flexibility index (Phi) is 9.47. The number of ether oxygens (including phenoxy) is 1. The van der Waals surface area contributed by atoms with Crippen molar-refractivity contribution < 1.29 is 9.53 Å². The van der Waals surface area contributed by atoms with Crippen LogP contribution in [0, 0.1) is 18.3 Å². The number of nitrogens with zero attached hydrogens (tertiary/aromatic N) is 3. The molecular weight excluding hydrogens is 478 g/mol. The van der Waals surface area contributed by atoms with Gasteiger partial charge in [-0.1, -0.05) is 44.2 Å². The Morgan fingerprint density at radius 1 is 1.06 bits per heavy atom. The van der Waals surface area contributed by atoms with Gasteiger partial charge in [-0.3, -0.25) is 10.2 Å². The number of benzene rings is 2. The highest BCUT2D eigenvalue weighted by Gasteiger charge is 2.15. The van der Waals surface area contributed by atoms with Crippen LogP contribution in [0.4, 0.5) is 0 Å². The van der Waals surface area contributed by atoms with E-state index in [1.807, 2.05) is 24.3 Å². The van der Waals surface area contributed by atoms with Gasteiger partial charge in [-0.25, -0.2) is 9.36 Å². The Morgan fingerprint density at radius 2 is 1.69 bits per heavy atom. The van der Waals surface area contributed by atoms with Gasteiger partial charge in [0.1, 0.15) is 11.7 Å². The smallest absolute Gasteiger partial charge is 0.355 e. The lowest BCUT2D eigenvalue weighted by molar-refractivity contribution is -0.144. The maximum atomic E-state index is 13.1. The van der Waals surface area contributed by atoms with Gasteiger partial charge in [0.05, 0.1) is 18.0 Å². The molecule has 0 bridgehead atoms. The minimum atomic E-state index is -0.285. The molecule has 0 amide bonds. The van der Waals surface area contributed by atoms with Crippen LogP contribution in [0.2, 0.25) is 0 Å². The van der Waals surface area contributed by atoms with Crippen LogP contribution in [-0.4, -0.2) is 32.8 Å². The number of aryl methyl sites for hydroxylation is 2. The first kappa shape index (κ1) is 27.2. The minimum Gasteiger partial charge on any atom is -0.466 e. The van der Waals surface area contributed by atoms with E-state index >= 15 is 0 Å². The van der Waals surface area contributed by atoms with Crippen molar-refractivity contribution in [1.29, 1.82) is 5.41 Å². The topological polar surface area (TPSA) is 116 Å². The van der Waals surface area contributed by atoms with Crippen molar-refractivity contribution >= 4 is 24.2 Å². The van der Waals surface area contributed by atoms with Crippen molar-refractivity contribution in [1.82, 2.24) is 14.3 Å². The summed E-state index contributed by atoms with van der Waals surface area (Å²) in [5, 5.41) is 11.9. The zero-order chi connectivity index (χ0) is 24.8. The van der Waals surface area contributed by atoms with Crippen molar-refractivity contribution in [2.75, 3.05) is 6.61 Å². The number of esters is 1. The van der Waals surface area contributed by atoms with E-state index in [2.05, 4.69) is 5.10 Å². The quantitative estimate of drug-likeness (QED) is 0.249. The van der Waals surface area contributed by atoms with Crippen LogP contribution in [0.5, 0.6) is 0 Å². The van der Waals surface area contributed by atoms with E-state index in [1.54, 1.807) is 35.8 Å². The largest absolute Gasteiger partial charge is 0.466 e. The third-order valence-electron chi connectivity index (χ3n) is 6.69. The molecule has 8 nitrogen and oxygen atoms in total. The van der Waals surface area contributed by atoms with E-state index in [0.29, 0.717) is 48.1 Å². The summed E-state index contributed by atoms with van der Waals surface area (Å²) >= 11 is 0. The fraction of sp³-hybridized carbons (Fsp3) is 0.407. The molecule has 0 radical (unpaired) electrons. The number of aromatic nitrogens is 3. The monoisotopic (exact) mass is 511 g/mol. The molecule has 2 aromatic carbocycles. The van der Waals surface area contributed by atoms with Crippen molar-refractivity contribution in [3.63, 3.8) is 0 Å². The van der Waals surface area contributed by atoms with Gasteiger partial charge in [0, 0.05) is 12.0 Å². The van der Waals surface area contributed by atoms with Crippen LogP contribution < -0.4 is 11.4 Å². The Hall–Kier alpha value is -3.39. The average molecular weight is 512 g/mol. The molecule has 192 valence electrons. The summed E-state index contributed by atoms with van der Waals surface area (Å²) in [5.41, 5.74) is 8.12. The normalized spacial score (nSPS) is 13.7. The lowest BCUT2D eigenvalue weighted by atomic mass is 9.87. The van der Waals surface area contributed by atoms with Crippen LogP contribution in [0.15, 0.2) is 53.3 Å². The van der Waals surface area contributed by atoms with Crippen molar-refractivity contribution in [3.8, 4) is 11.4 Å². The maximum Gasteiger partial charge on any atom is 0.355 e. The van der Waals surface area contributed by atoms with E-state index < -0.39 is 0 Å². The fourth-order valence-electron chi connectivity index (χ4n) is 4.66. The third-order valence-corrected chi connectivity index (χ3v) is 6.69. The number of nitrogen functional groups attached to an aromatic ring is 1. The zero-order valence-corrected chi connectivity index (χ0v) is 21.4. The maximum absolute atomic E-state index is 13.1. The summed E-state index contributed by atoms with van der Waals surface area (Å²) in [6.07, 6.45) is 8.37. The molecule has 1 aliphatic rings. The first-order valence-corrected chi connectivity index (χ1v) is 12.3. The van der Waals surface area contributed by atoms with Gasteiger partial charge in [-0.2, -0.15) is 4.68 Å². The Bertz CT molecular complexity index is 1230. The van der Waals surface area contributed by atoms with Crippen molar-refractivity contribution in [2.24, 2.45) is 11.7 Å². The van der Waals surface area contributed by atoms with E-state index in [1.165, 1.54) is 36.8 Å². The van der Waals surface area contributed by atoms with E-state index in [9.17, 15) is 9.59 Å². The van der Waals surface area contributed by atoms with Gasteiger partial charge in [0.25, 0.3) is 0 Å². The molecule has 4 rings (SSSR count). The summed E-state index contributed by atoms with van der Waals surface area (Å²) in [4.78, 5) is 25.2. The summed E-state index contributed by atoms with van der Waals surface area (Å²) in [6.45, 7) is 2.30. The molecule has 9 heteroatoms. The van der Waals surface area contributed by atoms with Gasteiger partial charge < -0.3 is 10.5 Å². The standard InChI is InChI=1S/C27H33N5O3.ClH/c1-19-30-32(24-14-10-22(11-15-24)26(28)29)27(34)31(19)23-12-7-21(8-13-23)9-16-25(33)35-18-17-20-5-3-2-4-6-20;/h7-8,10-15,20H,2-6,9,16-18H2,1H3,(H3,28,29);1H. The second-order valence-electron chi connectivity index (χ2n) is 9.22. The molecule has 3 aromatic rings. The molecule has 1 saturated carbocycles.